The SMILES string of the molecule is C[C@@H](OP(=O)(O)CCCc1ccccc1)C(=O)O. The number of benzene rings is 1. The normalized spacial score (nSPS) is 15.9. The van der Waals surface area contributed by atoms with Gasteiger partial charge in [-0.05, 0) is 25.3 Å². The van der Waals surface area contributed by atoms with Crippen LogP contribution in [-0.4, -0.2) is 28.2 Å². The monoisotopic (exact) mass is 272 g/mol. The first-order valence-corrected chi connectivity index (χ1v) is 7.44. The molecule has 1 rings (SSSR count). The Hall–Kier alpha value is -1.16. The maximum atomic E-state index is 11.6. The van der Waals surface area contributed by atoms with Gasteiger partial charge in [-0.25, -0.2) is 4.79 Å². The van der Waals surface area contributed by atoms with Crippen molar-refractivity contribution in [1.82, 2.24) is 0 Å². The molecule has 0 aliphatic carbocycles. The molecule has 0 radical (unpaired) electrons. The zero-order valence-corrected chi connectivity index (χ0v) is 11.0. The molecule has 18 heavy (non-hydrogen) atoms. The molecule has 1 aromatic carbocycles. The first-order chi connectivity index (χ1) is 8.41. The summed E-state index contributed by atoms with van der Waals surface area (Å²) in [6, 6.07) is 9.57. The minimum absolute atomic E-state index is 0.0421. The van der Waals surface area contributed by atoms with Gasteiger partial charge in [0, 0.05) is 0 Å². The summed E-state index contributed by atoms with van der Waals surface area (Å²) < 4.78 is 16.2. The average Bonchev–Trinajstić information content (AvgIpc) is 2.29. The van der Waals surface area contributed by atoms with Gasteiger partial charge in [0.15, 0.2) is 6.10 Å². The maximum Gasteiger partial charge on any atom is 0.333 e. The van der Waals surface area contributed by atoms with Crippen molar-refractivity contribution in [3.05, 3.63) is 35.9 Å². The van der Waals surface area contributed by atoms with Crippen LogP contribution in [0.2, 0.25) is 0 Å². The van der Waals surface area contributed by atoms with E-state index in [0.717, 1.165) is 5.56 Å². The van der Waals surface area contributed by atoms with Crippen molar-refractivity contribution < 1.29 is 23.9 Å². The molecule has 2 N–H and O–H groups in total. The molecule has 0 spiro atoms. The summed E-state index contributed by atoms with van der Waals surface area (Å²) in [6.45, 7) is 1.24. The van der Waals surface area contributed by atoms with Gasteiger partial charge in [0.05, 0.1) is 6.16 Å². The first kappa shape index (κ1) is 14.9. The molecule has 5 nitrogen and oxygen atoms in total. The summed E-state index contributed by atoms with van der Waals surface area (Å²) in [7, 11) is -3.82. The van der Waals surface area contributed by atoms with Crippen LogP contribution in [-0.2, 0) is 20.3 Å². The van der Waals surface area contributed by atoms with Crippen molar-refractivity contribution in [3.63, 3.8) is 0 Å². The third-order valence-corrected chi connectivity index (χ3v) is 3.95. The van der Waals surface area contributed by atoms with Crippen LogP contribution in [0.4, 0.5) is 0 Å². The van der Waals surface area contributed by atoms with Crippen LogP contribution in [0.5, 0.6) is 0 Å². The maximum absolute atomic E-state index is 11.6. The highest BCUT2D eigenvalue weighted by Gasteiger charge is 2.25. The Bertz CT molecular complexity index is 431. The first-order valence-electron chi connectivity index (χ1n) is 5.68. The van der Waals surface area contributed by atoms with E-state index in [1.54, 1.807) is 0 Å². The van der Waals surface area contributed by atoms with E-state index in [4.69, 9.17) is 5.11 Å². The Balaban J connectivity index is 2.38. The molecule has 0 saturated heterocycles. The molecular weight excluding hydrogens is 255 g/mol. The Labute approximate surface area is 106 Å². The van der Waals surface area contributed by atoms with Crippen molar-refractivity contribution in [2.24, 2.45) is 0 Å². The number of hydrogen-bond acceptors (Lipinski definition) is 3. The number of carbonyl (C=O) groups is 1. The summed E-state index contributed by atoms with van der Waals surface area (Å²) in [5, 5.41) is 8.59. The lowest BCUT2D eigenvalue weighted by molar-refractivity contribution is -0.144. The van der Waals surface area contributed by atoms with Gasteiger partial charge in [0.25, 0.3) is 0 Å². The highest BCUT2D eigenvalue weighted by Crippen LogP contribution is 2.44. The second-order valence-electron chi connectivity index (χ2n) is 4.04. The molecule has 2 atom stereocenters. The largest absolute Gasteiger partial charge is 0.479 e. The van der Waals surface area contributed by atoms with Gasteiger partial charge in [0.1, 0.15) is 0 Å². The Morgan fingerprint density at radius 2 is 2.00 bits per heavy atom. The third kappa shape index (κ3) is 5.45. The molecular formula is C12H17O5P. The number of rotatable bonds is 7. The number of aliphatic carboxylic acids is 1. The highest BCUT2D eigenvalue weighted by atomic mass is 31.2. The Morgan fingerprint density at radius 1 is 1.39 bits per heavy atom. The predicted octanol–water partition coefficient (Wildman–Crippen LogP) is 2.29. The van der Waals surface area contributed by atoms with Crippen LogP contribution < -0.4 is 0 Å². The van der Waals surface area contributed by atoms with Crippen molar-refractivity contribution in [2.75, 3.05) is 6.16 Å². The molecule has 0 heterocycles. The Morgan fingerprint density at radius 3 is 2.56 bits per heavy atom. The molecule has 100 valence electrons. The zero-order chi connectivity index (χ0) is 13.6. The van der Waals surface area contributed by atoms with Gasteiger partial charge in [-0.15, -0.1) is 0 Å². The summed E-state index contributed by atoms with van der Waals surface area (Å²) in [4.78, 5) is 20.0. The standard InChI is InChI=1S/C12H17O5P/c1-10(12(13)14)17-18(15,16)9-5-8-11-6-3-2-4-7-11/h2-4,6-7,10H,5,8-9H2,1H3,(H,13,14)(H,15,16)/t10-/m1/s1. The van der Waals surface area contributed by atoms with Crippen LogP contribution >= 0.6 is 7.60 Å². The van der Waals surface area contributed by atoms with Crippen LogP contribution in [0, 0.1) is 0 Å². The lowest BCUT2D eigenvalue weighted by Gasteiger charge is -2.14. The molecule has 0 aliphatic rings. The molecule has 0 aromatic heterocycles. The highest BCUT2D eigenvalue weighted by molar-refractivity contribution is 7.52. The second-order valence-corrected chi connectivity index (χ2v) is 5.97. The lowest BCUT2D eigenvalue weighted by atomic mass is 10.1. The van der Waals surface area contributed by atoms with Crippen molar-refractivity contribution >= 4 is 13.6 Å². The lowest BCUT2D eigenvalue weighted by Crippen LogP contribution is -2.19. The number of hydrogen-bond donors (Lipinski definition) is 2. The fourth-order valence-electron chi connectivity index (χ4n) is 1.47. The van der Waals surface area contributed by atoms with Crippen molar-refractivity contribution in [3.8, 4) is 0 Å². The fraction of sp³-hybridized carbons (Fsp3) is 0.417. The van der Waals surface area contributed by atoms with E-state index < -0.39 is 19.7 Å². The molecule has 6 heteroatoms. The molecule has 0 aliphatic heterocycles. The molecule has 1 unspecified atom stereocenters. The van der Waals surface area contributed by atoms with Crippen LogP contribution in [0.1, 0.15) is 18.9 Å². The second kappa shape index (κ2) is 6.69. The third-order valence-electron chi connectivity index (χ3n) is 2.42. The minimum Gasteiger partial charge on any atom is -0.479 e. The van der Waals surface area contributed by atoms with E-state index in [2.05, 4.69) is 4.52 Å². The van der Waals surface area contributed by atoms with E-state index in [1.165, 1.54) is 6.92 Å². The smallest absolute Gasteiger partial charge is 0.333 e. The molecule has 0 amide bonds. The van der Waals surface area contributed by atoms with Gasteiger partial charge in [-0.1, -0.05) is 30.3 Å². The van der Waals surface area contributed by atoms with Crippen molar-refractivity contribution in [1.29, 1.82) is 0 Å². The summed E-state index contributed by atoms with van der Waals surface area (Å²) in [5.41, 5.74) is 1.07. The van der Waals surface area contributed by atoms with Gasteiger partial charge in [-0.3, -0.25) is 9.09 Å². The van der Waals surface area contributed by atoms with E-state index in [1.807, 2.05) is 30.3 Å². The van der Waals surface area contributed by atoms with E-state index >= 15 is 0 Å². The summed E-state index contributed by atoms with van der Waals surface area (Å²) in [6.07, 6.45) is -0.169. The topological polar surface area (TPSA) is 83.8 Å². The van der Waals surface area contributed by atoms with Gasteiger partial charge in [-0.2, -0.15) is 0 Å². The quantitative estimate of drug-likeness (QED) is 0.744. The minimum atomic E-state index is -3.82. The average molecular weight is 272 g/mol. The number of carboxylic acids is 1. The molecule has 1 aromatic rings. The van der Waals surface area contributed by atoms with Crippen LogP contribution in [0.15, 0.2) is 30.3 Å². The summed E-state index contributed by atoms with van der Waals surface area (Å²) in [5.74, 6) is -1.24. The summed E-state index contributed by atoms with van der Waals surface area (Å²) >= 11 is 0. The Kier molecular flexibility index (Phi) is 5.54. The zero-order valence-electron chi connectivity index (χ0n) is 10.2. The van der Waals surface area contributed by atoms with Crippen LogP contribution in [0.3, 0.4) is 0 Å². The molecule has 0 saturated carbocycles. The van der Waals surface area contributed by atoms with Crippen molar-refractivity contribution in [2.45, 2.75) is 25.9 Å². The van der Waals surface area contributed by atoms with Gasteiger partial charge < -0.3 is 10.00 Å². The fourth-order valence-corrected chi connectivity index (χ4v) is 2.72. The number of aryl methyl sites for hydroxylation is 1. The van der Waals surface area contributed by atoms with E-state index in [9.17, 15) is 14.3 Å². The number of carboxylic acid groups (broad SMARTS) is 1. The van der Waals surface area contributed by atoms with E-state index in [-0.39, 0.29) is 6.16 Å². The molecule has 0 bridgehead atoms. The van der Waals surface area contributed by atoms with E-state index in [0.29, 0.717) is 12.8 Å². The van der Waals surface area contributed by atoms with Gasteiger partial charge >= 0.3 is 13.6 Å². The predicted molar refractivity (Wildman–Crippen MR) is 67.6 cm³/mol. The van der Waals surface area contributed by atoms with Crippen LogP contribution in [0.25, 0.3) is 0 Å². The van der Waals surface area contributed by atoms with Gasteiger partial charge in [0.2, 0.25) is 0 Å². The molecule has 0 fully saturated rings.